The lowest BCUT2D eigenvalue weighted by atomic mass is 10.0. The van der Waals surface area contributed by atoms with E-state index in [1.807, 2.05) is 13.8 Å². The Hall–Kier alpha value is -2.08. The number of fused-ring (bicyclic) bond motifs is 1. The fourth-order valence-corrected chi connectivity index (χ4v) is 2.22. The minimum absolute atomic E-state index is 0.0809. The molecule has 1 N–H and O–H groups in total. The van der Waals surface area contributed by atoms with Crippen molar-refractivity contribution in [3.05, 3.63) is 35.1 Å². The molecule has 112 valence electrons. The van der Waals surface area contributed by atoms with E-state index in [-0.39, 0.29) is 16.6 Å². The van der Waals surface area contributed by atoms with Gasteiger partial charge in [0.2, 0.25) is 0 Å². The third kappa shape index (κ3) is 3.00. The number of ether oxygens (including phenoxy) is 1. The summed E-state index contributed by atoms with van der Waals surface area (Å²) in [6, 6.07) is 4.59. The number of rotatable bonds is 4. The highest BCUT2D eigenvalue weighted by atomic mass is 35.5. The van der Waals surface area contributed by atoms with E-state index in [4.69, 9.17) is 11.6 Å². The number of hydrogen-bond acceptors (Lipinski definition) is 4. The van der Waals surface area contributed by atoms with Gasteiger partial charge in [0.25, 0.3) is 5.91 Å². The number of carbonyl (C=O) groups is 2. The number of aromatic nitrogens is 2. The van der Waals surface area contributed by atoms with Crippen molar-refractivity contribution in [1.29, 1.82) is 0 Å². The molecular weight excluding hydrogens is 294 g/mol. The quantitative estimate of drug-likeness (QED) is 0.876. The Bertz CT molecular complexity index is 681. The Balaban J connectivity index is 2.29. The Morgan fingerprint density at radius 2 is 2.10 bits per heavy atom. The Morgan fingerprint density at radius 1 is 1.38 bits per heavy atom. The molecule has 2 rings (SSSR count). The van der Waals surface area contributed by atoms with E-state index in [2.05, 4.69) is 15.2 Å². The summed E-state index contributed by atoms with van der Waals surface area (Å²) in [5, 5.41) is 6.99. The van der Waals surface area contributed by atoms with Crippen molar-refractivity contribution < 1.29 is 14.3 Å². The lowest BCUT2D eigenvalue weighted by Crippen LogP contribution is -2.45. The van der Waals surface area contributed by atoms with Crippen LogP contribution in [0, 0.1) is 5.92 Å². The molecule has 0 aromatic carbocycles. The standard InChI is InChI=1S/C14H16ClN3O3/c1-8(2)11(14(20)21-3)16-13(19)12-10(15)9-6-4-5-7-18(9)17-12/h4-8,11H,1-3H3,(H,16,19). The number of amides is 1. The first kappa shape index (κ1) is 15.3. The molecule has 2 aromatic heterocycles. The topological polar surface area (TPSA) is 72.7 Å². The minimum atomic E-state index is -0.747. The average molecular weight is 310 g/mol. The maximum atomic E-state index is 12.3. The molecule has 0 fully saturated rings. The molecule has 0 aliphatic rings. The Morgan fingerprint density at radius 3 is 2.67 bits per heavy atom. The van der Waals surface area contributed by atoms with Crippen molar-refractivity contribution in [2.24, 2.45) is 5.92 Å². The monoisotopic (exact) mass is 309 g/mol. The first-order valence-corrected chi connectivity index (χ1v) is 6.85. The zero-order chi connectivity index (χ0) is 15.6. The Kier molecular flexibility index (Phi) is 4.47. The highest BCUT2D eigenvalue weighted by Gasteiger charge is 2.27. The number of nitrogens with zero attached hydrogens (tertiary/aromatic N) is 2. The molecule has 0 saturated carbocycles. The minimum Gasteiger partial charge on any atom is -0.467 e. The fourth-order valence-electron chi connectivity index (χ4n) is 1.95. The smallest absolute Gasteiger partial charge is 0.328 e. The van der Waals surface area contributed by atoms with E-state index in [1.165, 1.54) is 11.6 Å². The highest BCUT2D eigenvalue weighted by molar-refractivity contribution is 6.36. The molecule has 0 aliphatic heterocycles. The normalized spacial score (nSPS) is 12.4. The summed E-state index contributed by atoms with van der Waals surface area (Å²) in [7, 11) is 1.28. The van der Waals surface area contributed by atoms with Gasteiger partial charge in [-0.25, -0.2) is 9.31 Å². The number of halogens is 1. The summed E-state index contributed by atoms with van der Waals surface area (Å²) < 4.78 is 6.20. The second kappa shape index (κ2) is 6.13. The van der Waals surface area contributed by atoms with Crippen molar-refractivity contribution >= 4 is 29.0 Å². The molecule has 7 heteroatoms. The van der Waals surface area contributed by atoms with Crippen LogP contribution in [0.5, 0.6) is 0 Å². The van der Waals surface area contributed by atoms with Crippen molar-refractivity contribution in [2.75, 3.05) is 7.11 Å². The van der Waals surface area contributed by atoms with Gasteiger partial charge in [-0.3, -0.25) is 4.79 Å². The largest absolute Gasteiger partial charge is 0.467 e. The average Bonchev–Trinajstić information content (AvgIpc) is 2.81. The summed E-state index contributed by atoms with van der Waals surface area (Å²) in [6.07, 6.45) is 1.69. The van der Waals surface area contributed by atoms with Gasteiger partial charge in [0.15, 0.2) is 5.69 Å². The van der Waals surface area contributed by atoms with Crippen LogP contribution in [0.1, 0.15) is 24.3 Å². The van der Waals surface area contributed by atoms with Gasteiger partial charge in [0.05, 0.1) is 17.6 Å². The van der Waals surface area contributed by atoms with Crippen molar-refractivity contribution in [1.82, 2.24) is 14.9 Å². The summed E-state index contributed by atoms with van der Waals surface area (Å²) in [5.74, 6) is -1.12. The van der Waals surface area contributed by atoms with Crippen LogP contribution in [0.15, 0.2) is 24.4 Å². The van der Waals surface area contributed by atoms with Crippen LogP contribution in [0.2, 0.25) is 5.02 Å². The molecule has 6 nitrogen and oxygen atoms in total. The molecule has 0 bridgehead atoms. The highest BCUT2D eigenvalue weighted by Crippen LogP contribution is 2.21. The van der Waals surface area contributed by atoms with Crippen molar-refractivity contribution in [3.8, 4) is 0 Å². The third-order valence-electron chi connectivity index (χ3n) is 3.10. The van der Waals surface area contributed by atoms with Crippen LogP contribution in [-0.4, -0.2) is 34.6 Å². The lowest BCUT2D eigenvalue weighted by molar-refractivity contribution is -0.144. The summed E-state index contributed by atoms with van der Waals surface area (Å²) in [6.45, 7) is 3.63. The number of hydrogen-bond donors (Lipinski definition) is 1. The molecule has 1 atom stereocenters. The van der Waals surface area contributed by atoms with Crippen LogP contribution in [0.25, 0.3) is 5.52 Å². The predicted octanol–water partition coefficient (Wildman–Crippen LogP) is 1.92. The van der Waals surface area contributed by atoms with E-state index in [0.717, 1.165) is 0 Å². The zero-order valence-corrected chi connectivity index (χ0v) is 12.7. The second-order valence-electron chi connectivity index (χ2n) is 4.91. The van der Waals surface area contributed by atoms with Gasteiger partial charge in [-0.15, -0.1) is 0 Å². The van der Waals surface area contributed by atoms with Gasteiger partial charge in [0.1, 0.15) is 6.04 Å². The SMILES string of the molecule is COC(=O)C(NC(=O)c1nn2ccccc2c1Cl)C(C)C. The Labute approximate surface area is 127 Å². The summed E-state index contributed by atoms with van der Waals surface area (Å²) >= 11 is 6.17. The molecule has 0 spiro atoms. The maximum Gasteiger partial charge on any atom is 0.328 e. The molecule has 0 saturated heterocycles. The molecule has 1 amide bonds. The molecule has 0 radical (unpaired) electrons. The van der Waals surface area contributed by atoms with Gasteiger partial charge in [0, 0.05) is 6.20 Å². The van der Waals surface area contributed by atoms with Gasteiger partial charge >= 0.3 is 5.97 Å². The summed E-state index contributed by atoms with van der Waals surface area (Å²) in [4.78, 5) is 24.0. The lowest BCUT2D eigenvalue weighted by Gasteiger charge is -2.19. The van der Waals surface area contributed by atoms with E-state index >= 15 is 0 Å². The van der Waals surface area contributed by atoms with E-state index in [1.54, 1.807) is 24.4 Å². The van der Waals surface area contributed by atoms with Crippen molar-refractivity contribution in [3.63, 3.8) is 0 Å². The van der Waals surface area contributed by atoms with Gasteiger partial charge in [-0.05, 0) is 18.1 Å². The molecular formula is C14H16ClN3O3. The summed E-state index contributed by atoms with van der Waals surface area (Å²) in [5.41, 5.74) is 0.709. The predicted molar refractivity (Wildman–Crippen MR) is 78.3 cm³/mol. The van der Waals surface area contributed by atoms with Crippen molar-refractivity contribution in [2.45, 2.75) is 19.9 Å². The van der Waals surface area contributed by atoms with Crippen LogP contribution >= 0.6 is 11.6 Å². The molecule has 2 heterocycles. The third-order valence-corrected chi connectivity index (χ3v) is 3.48. The van der Waals surface area contributed by atoms with Gasteiger partial charge < -0.3 is 10.1 Å². The molecule has 2 aromatic rings. The first-order valence-electron chi connectivity index (χ1n) is 6.47. The van der Waals surface area contributed by atoms with Crippen LogP contribution in [0.4, 0.5) is 0 Å². The first-order chi connectivity index (χ1) is 9.95. The molecule has 1 unspecified atom stereocenters. The number of nitrogens with one attached hydrogen (secondary N) is 1. The van der Waals surface area contributed by atoms with Crippen LogP contribution in [-0.2, 0) is 9.53 Å². The van der Waals surface area contributed by atoms with Gasteiger partial charge in [-0.2, -0.15) is 5.10 Å². The van der Waals surface area contributed by atoms with Crippen LogP contribution in [0.3, 0.4) is 0 Å². The fraction of sp³-hybridized carbons (Fsp3) is 0.357. The maximum absolute atomic E-state index is 12.3. The van der Waals surface area contributed by atoms with E-state index < -0.39 is 17.9 Å². The number of methoxy groups -OCH3 is 1. The zero-order valence-electron chi connectivity index (χ0n) is 12.0. The number of carbonyl (C=O) groups excluding carboxylic acids is 2. The van der Waals surface area contributed by atoms with Crippen LogP contribution < -0.4 is 5.32 Å². The number of esters is 1. The molecule has 21 heavy (non-hydrogen) atoms. The van der Waals surface area contributed by atoms with E-state index in [0.29, 0.717) is 5.52 Å². The second-order valence-corrected chi connectivity index (χ2v) is 5.29. The molecule has 0 aliphatic carbocycles. The van der Waals surface area contributed by atoms with Gasteiger partial charge in [-0.1, -0.05) is 31.5 Å². The number of pyridine rings is 1. The van der Waals surface area contributed by atoms with E-state index in [9.17, 15) is 9.59 Å².